The van der Waals surface area contributed by atoms with Crippen LogP contribution in [0, 0.1) is 5.92 Å². The Balaban J connectivity index is 1.15. The zero-order chi connectivity index (χ0) is 21.8. The number of nitrogens with zero attached hydrogens (tertiary/aromatic N) is 1. The number of piperidine rings is 1. The van der Waals surface area contributed by atoms with E-state index < -0.39 is 0 Å². The summed E-state index contributed by atoms with van der Waals surface area (Å²) in [6.45, 7) is 3.22. The minimum Gasteiger partial charge on any atom is -0.458 e. The fourth-order valence-corrected chi connectivity index (χ4v) is 5.04. The van der Waals surface area contributed by atoms with Crippen molar-refractivity contribution < 1.29 is 9.53 Å². The van der Waals surface area contributed by atoms with Crippen LogP contribution in [0.25, 0.3) is 6.08 Å². The van der Waals surface area contributed by atoms with Crippen molar-refractivity contribution in [1.82, 2.24) is 4.90 Å². The van der Waals surface area contributed by atoms with E-state index in [-0.39, 0.29) is 11.7 Å². The molecule has 0 spiro atoms. The van der Waals surface area contributed by atoms with Crippen molar-refractivity contribution in [3.63, 3.8) is 0 Å². The van der Waals surface area contributed by atoms with Gasteiger partial charge in [-0.3, -0.25) is 4.79 Å². The molecule has 1 unspecified atom stereocenters. The summed E-state index contributed by atoms with van der Waals surface area (Å²) in [6.07, 6.45) is 15.8. The molecular weight excluding hydrogens is 394 g/mol. The van der Waals surface area contributed by atoms with E-state index in [1.807, 2.05) is 24.3 Å². The number of rotatable bonds is 6. The normalized spacial score (nSPS) is 21.3. The van der Waals surface area contributed by atoms with E-state index >= 15 is 0 Å². The smallest absolute Gasteiger partial charge is 0.170 e. The quantitative estimate of drug-likeness (QED) is 0.537. The second-order valence-corrected chi connectivity index (χ2v) is 9.08. The third kappa shape index (κ3) is 4.78. The highest BCUT2D eigenvalue weighted by atomic mass is 16.5. The van der Waals surface area contributed by atoms with E-state index in [9.17, 15) is 4.79 Å². The highest BCUT2D eigenvalue weighted by Crippen LogP contribution is 2.31. The third-order valence-electron chi connectivity index (χ3n) is 6.94. The molecule has 3 heteroatoms. The van der Waals surface area contributed by atoms with Crippen molar-refractivity contribution >= 4 is 11.9 Å². The van der Waals surface area contributed by atoms with Crippen LogP contribution in [0.3, 0.4) is 0 Å². The molecule has 0 bridgehead atoms. The topological polar surface area (TPSA) is 29.5 Å². The van der Waals surface area contributed by atoms with Crippen LogP contribution in [0.15, 0.2) is 78.6 Å². The Hall–Kier alpha value is -2.91. The van der Waals surface area contributed by atoms with Gasteiger partial charge in [-0.2, -0.15) is 0 Å². The summed E-state index contributed by atoms with van der Waals surface area (Å²) < 4.78 is 5.97. The van der Waals surface area contributed by atoms with E-state index in [0.29, 0.717) is 5.92 Å². The van der Waals surface area contributed by atoms with Crippen molar-refractivity contribution in [2.24, 2.45) is 5.92 Å². The first-order chi connectivity index (χ1) is 15.8. The minimum absolute atomic E-state index is 0.0231. The molecular formula is C29H31NO2. The number of benzene rings is 2. The Kier molecular flexibility index (Phi) is 6.36. The molecule has 32 heavy (non-hydrogen) atoms. The molecule has 3 nitrogen and oxygen atoms in total. The maximum Gasteiger partial charge on any atom is 0.170 e. The lowest BCUT2D eigenvalue weighted by atomic mass is 9.85. The fourth-order valence-electron chi connectivity index (χ4n) is 5.04. The highest BCUT2D eigenvalue weighted by Gasteiger charge is 2.26. The minimum atomic E-state index is -0.0231. The van der Waals surface area contributed by atoms with Gasteiger partial charge in [0.15, 0.2) is 5.78 Å². The fraction of sp³-hybridized carbons (Fsp3) is 0.345. The molecule has 0 aromatic heterocycles. The van der Waals surface area contributed by atoms with E-state index in [2.05, 4.69) is 59.5 Å². The molecule has 1 saturated heterocycles. The standard InChI is InChI=1S/C29H31NO2/c31-29-24(17-20-30-18-15-23(16-19-30)22-7-3-1-4-8-22)11-12-25-21-27(13-14-28(25)29)32-26-9-5-2-6-10-26/h1,3-5,7-14,21,23-24H,2,6,15-20H2. The Morgan fingerprint density at radius 1 is 0.969 bits per heavy atom. The summed E-state index contributed by atoms with van der Waals surface area (Å²) in [5.41, 5.74) is 3.25. The average molecular weight is 426 g/mol. The zero-order valence-corrected chi connectivity index (χ0v) is 18.6. The molecule has 2 aliphatic carbocycles. The van der Waals surface area contributed by atoms with Crippen LogP contribution < -0.4 is 4.74 Å². The van der Waals surface area contributed by atoms with Crippen LogP contribution in [0.1, 0.15) is 59.5 Å². The van der Waals surface area contributed by atoms with Gasteiger partial charge < -0.3 is 9.64 Å². The van der Waals surface area contributed by atoms with Gasteiger partial charge in [-0.05, 0) is 99.1 Å². The van der Waals surface area contributed by atoms with Gasteiger partial charge in [0, 0.05) is 11.5 Å². The van der Waals surface area contributed by atoms with E-state index in [1.54, 1.807) is 0 Å². The molecule has 0 amide bonds. The molecule has 0 radical (unpaired) electrons. The summed E-state index contributed by atoms with van der Waals surface area (Å²) in [4.78, 5) is 15.6. The Morgan fingerprint density at radius 3 is 2.59 bits per heavy atom. The molecule has 0 N–H and O–H groups in total. The third-order valence-corrected chi connectivity index (χ3v) is 6.94. The van der Waals surface area contributed by atoms with Gasteiger partial charge in [0.05, 0.1) is 0 Å². The highest BCUT2D eigenvalue weighted by molar-refractivity contribution is 6.04. The van der Waals surface area contributed by atoms with E-state index in [0.717, 1.165) is 61.5 Å². The summed E-state index contributed by atoms with van der Waals surface area (Å²) in [5, 5.41) is 0. The van der Waals surface area contributed by atoms with Gasteiger partial charge in [0.1, 0.15) is 11.5 Å². The molecule has 3 aliphatic rings. The average Bonchev–Trinajstić information content (AvgIpc) is 2.85. The van der Waals surface area contributed by atoms with Gasteiger partial charge in [-0.25, -0.2) is 0 Å². The number of carbonyl (C=O) groups excluding carboxylic acids is 1. The number of hydrogen-bond acceptors (Lipinski definition) is 3. The Bertz CT molecular complexity index is 1040. The molecule has 2 aromatic rings. The number of carbonyl (C=O) groups is 1. The van der Waals surface area contributed by atoms with Gasteiger partial charge >= 0.3 is 0 Å². The van der Waals surface area contributed by atoms with Crippen LogP contribution in [0.5, 0.6) is 5.75 Å². The number of allylic oxidation sites excluding steroid dienone is 4. The SMILES string of the molecule is O=C1c2ccc(OC3=CCCC=C3)cc2C=CC1CCN1CCC(c2ccccc2)CC1. The van der Waals surface area contributed by atoms with Gasteiger partial charge in [-0.1, -0.05) is 48.6 Å². The molecule has 5 rings (SSSR count). The number of ketones is 1. The summed E-state index contributed by atoms with van der Waals surface area (Å²) in [6, 6.07) is 16.7. The number of ether oxygens (including phenoxy) is 1. The van der Waals surface area contributed by atoms with Crippen molar-refractivity contribution in [3.05, 3.63) is 95.3 Å². The second-order valence-electron chi connectivity index (χ2n) is 9.08. The first-order valence-electron chi connectivity index (χ1n) is 11.9. The number of hydrogen-bond donors (Lipinski definition) is 0. The first kappa shape index (κ1) is 21.0. The molecule has 1 fully saturated rings. The molecule has 0 saturated carbocycles. The molecule has 1 atom stereocenters. The number of Topliss-reactive ketones (excluding diaryl/α,β-unsaturated/α-hetero) is 1. The van der Waals surface area contributed by atoms with Crippen molar-refractivity contribution in [1.29, 1.82) is 0 Å². The summed E-state index contributed by atoms with van der Waals surface area (Å²) >= 11 is 0. The monoisotopic (exact) mass is 425 g/mol. The molecule has 164 valence electrons. The van der Waals surface area contributed by atoms with Crippen molar-refractivity contribution in [2.45, 2.75) is 38.0 Å². The maximum absolute atomic E-state index is 13.1. The Morgan fingerprint density at radius 2 is 1.81 bits per heavy atom. The van der Waals surface area contributed by atoms with Crippen LogP contribution >= 0.6 is 0 Å². The Labute approximate surface area is 191 Å². The lowest BCUT2D eigenvalue weighted by Gasteiger charge is -2.33. The van der Waals surface area contributed by atoms with Crippen molar-refractivity contribution in [2.75, 3.05) is 19.6 Å². The summed E-state index contributed by atoms with van der Waals surface area (Å²) in [5.74, 6) is 2.57. The first-order valence-corrected chi connectivity index (χ1v) is 11.9. The summed E-state index contributed by atoms with van der Waals surface area (Å²) in [7, 11) is 0. The zero-order valence-electron chi connectivity index (χ0n) is 18.6. The predicted molar refractivity (Wildman–Crippen MR) is 130 cm³/mol. The number of likely N-dealkylation sites (tertiary alicyclic amines) is 1. The maximum atomic E-state index is 13.1. The predicted octanol–water partition coefficient (Wildman–Crippen LogP) is 6.39. The second kappa shape index (κ2) is 9.70. The van der Waals surface area contributed by atoms with E-state index in [1.165, 1.54) is 18.4 Å². The number of fused-ring (bicyclic) bond motifs is 1. The lowest BCUT2D eigenvalue weighted by molar-refractivity contribution is 0.0926. The van der Waals surface area contributed by atoms with Crippen LogP contribution in [-0.2, 0) is 0 Å². The van der Waals surface area contributed by atoms with Crippen LogP contribution in [-0.4, -0.2) is 30.3 Å². The van der Waals surface area contributed by atoms with Gasteiger partial charge in [-0.15, -0.1) is 0 Å². The molecule has 1 aliphatic heterocycles. The van der Waals surface area contributed by atoms with Gasteiger partial charge in [0.25, 0.3) is 0 Å². The largest absolute Gasteiger partial charge is 0.458 e. The van der Waals surface area contributed by atoms with Crippen LogP contribution in [0.2, 0.25) is 0 Å². The van der Waals surface area contributed by atoms with Crippen LogP contribution in [0.4, 0.5) is 0 Å². The molecule has 1 heterocycles. The molecule has 2 aromatic carbocycles. The van der Waals surface area contributed by atoms with E-state index in [4.69, 9.17) is 4.74 Å². The van der Waals surface area contributed by atoms with Crippen molar-refractivity contribution in [3.8, 4) is 5.75 Å². The van der Waals surface area contributed by atoms with Gasteiger partial charge in [0.2, 0.25) is 0 Å². The lowest BCUT2D eigenvalue weighted by Crippen LogP contribution is -2.35.